The maximum absolute atomic E-state index is 13.1. The average molecular weight is 550 g/mol. The van der Waals surface area contributed by atoms with Gasteiger partial charge in [-0.15, -0.1) is 0 Å². The van der Waals surface area contributed by atoms with Gasteiger partial charge in [0.2, 0.25) is 0 Å². The highest BCUT2D eigenvalue weighted by Gasteiger charge is 2.41. The van der Waals surface area contributed by atoms with Crippen LogP contribution in [-0.4, -0.2) is 17.8 Å². The van der Waals surface area contributed by atoms with Gasteiger partial charge in [-0.25, -0.2) is 9.69 Å². The molecular weight excluding hydrogens is 534 g/mol. The quantitative estimate of drug-likeness (QED) is 0.178. The molecule has 7 nitrogen and oxygen atoms in total. The lowest BCUT2D eigenvalue weighted by atomic mass is 10.1. The van der Waals surface area contributed by atoms with Crippen LogP contribution in [0.15, 0.2) is 71.4 Å². The molecule has 0 spiro atoms. The first-order chi connectivity index (χ1) is 17.4. The van der Waals surface area contributed by atoms with E-state index in [9.17, 15) is 27.6 Å². The first-order valence-electron chi connectivity index (χ1n) is 10.5. The van der Waals surface area contributed by atoms with Gasteiger partial charge in [0.1, 0.15) is 10.7 Å². The number of halogens is 5. The number of carbonyl (C=O) groups excluding carboxylic acids is 3. The number of carbonyl (C=O) groups is 3. The second kappa shape index (κ2) is 9.79. The van der Waals surface area contributed by atoms with E-state index in [-0.39, 0.29) is 27.7 Å². The van der Waals surface area contributed by atoms with Crippen LogP contribution in [0.1, 0.15) is 21.5 Å². The minimum absolute atomic E-state index is 0.164. The maximum Gasteiger partial charge on any atom is 0.416 e. The minimum atomic E-state index is -4.72. The molecule has 0 bridgehead atoms. The van der Waals surface area contributed by atoms with E-state index in [0.29, 0.717) is 16.7 Å². The van der Waals surface area contributed by atoms with Crippen molar-refractivity contribution in [2.45, 2.75) is 13.1 Å². The lowest BCUT2D eigenvalue weighted by molar-refractivity contribution is -0.137. The summed E-state index contributed by atoms with van der Waals surface area (Å²) in [5, 5.41) is 1.87. The number of alkyl halides is 3. The Morgan fingerprint density at radius 3 is 2.27 bits per heavy atom. The summed E-state index contributed by atoms with van der Waals surface area (Å²) < 4.78 is 44.8. The molecule has 37 heavy (non-hydrogen) atoms. The second-order valence-electron chi connectivity index (χ2n) is 7.93. The van der Waals surface area contributed by atoms with Crippen LogP contribution in [-0.2, 0) is 15.8 Å². The molecule has 1 aliphatic rings. The average Bonchev–Trinajstić information content (AvgIpc) is 3.04. The van der Waals surface area contributed by atoms with E-state index in [1.54, 1.807) is 18.2 Å². The summed E-state index contributed by atoms with van der Waals surface area (Å²) in [6, 6.07) is 12.8. The van der Waals surface area contributed by atoms with E-state index in [2.05, 4.69) is 5.32 Å². The summed E-state index contributed by atoms with van der Waals surface area (Å²) in [4.78, 5) is 38.5. The topological polar surface area (TPSA) is 102 Å². The van der Waals surface area contributed by atoms with Crippen molar-refractivity contribution in [1.82, 2.24) is 0 Å². The van der Waals surface area contributed by atoms with Crippen molar-refractivity contribution in [2.24, 2.45) is 0 Å². The van der Waals surface area contributed by atoms with Crippen molar-refractivity contribution in [3.63, 3.8) is 0 Å². The van der Waals surface area contributed by atoms with Crippen LogP contribution in [0.25, 0.3) is 0 Å². The number of amides is 2. The number of ether oxygens (including phenoxy) is 1. The van der Waals surface area contributed by atoms with E-state index >= 15 is 0 Å². The predicted octanol–water partition coefficient (Wildman–Crippen LogP) is 5.90. The highest BCUT2D eigenvalue weighted by molar-refractivity contribution is 6.53. The van der Waals surface area contributed by atoms with Crippen LogP contribution in [0.2, 0.25) is 5.02 Å². The molecule has 0 aliphatic carbocycles. The molecule has 3 aromatic rings. The molecular formula is C25H16Cl2F3N3O4. The molecule has 3 aromatic carbocycles. The third kappa shape index (κ3) is 5.25. The summed E-state index contributed by atoms with van der Waals surface area (Å²) in [5.74, 6) is -2.55. The molecule has 0 aromatic heterocycles. The summed E-state index contributed by atoms with van der Waals surface area (Å²) in [5.41, 5.74) is 5.55. The number of nitrogens with zero attached hydrogens (tertiary/aromatic N) is 1. The van der Waals surface area contributed by atoms with Crippen LogP contribution in [0, 0.1) is 6.92 Å². The SMILES string of the molecule is Cc1ccc(OC(=O)c2ccc(NC3=C(Cl)C(=O)N(c4cc(C(F)(F)F)ccc4Cl)C3=O)cc2)c(N)c1. The molecule has 12 heteroatoms. The van der Waals surface area contributed by atoms with Gasteiger partial charge in [0.15, 0.2) is 5.75 Å². The zero-order chi connectivity index (χ0) is 27.1. The maximum atomic E-state index is 13.1. The van der Waals surface area contributed by atoms with Crippen molar-refractivity contribution in [3.8, 4) is 5.75 Å². The van der Waals surface area contributed by atoms with Crippen molar-refractivity contribution in [2.75, 3.05) is 16.0 Å². The van der Waals surface area contributed by atoms with Crippen LogP contribution in [0.4, 0.5) is 30.2 Å². The number of nitrogens with two attached hydrogens (primary N) is 1. The Bertz CT molecular complexity index is 1470. The Labute approximate surface area is 218 Å². The van der Waals surface area contributed by atoms with Gasteiger partial charge >= 0.3 is 12.1 Å². The van der Waals surface area contributed by atoms with Crippen molar-refractivity contribution in [1.29, 1.82) is 0 Å². The molecule has 0 saturated carbocycles. The third-order valence-electron chi connectivity index (χ3n) is 5.30. The normalized spacial score (nSPS) is 13.8. The van der Waals surface area contributed by atoms with Gasteiger partial charge in [-0.1, -0.05) is 29.3 Å². The van der Waals surface area contributed by atoms with E-state index in [1.165, 1.54) is 24.3 Å². The fourth-order valence-electron chi connectivity index (χ4n) is 3.44. The van der Waals surface area contributed by atoms with Crippen molar-refractivity contribution >= 4 is 58.0 Å². The molecule has 0 saturated heterocycles. The van der Waals surface area contributed by atoms with Crippen LogP contribution in [0.5, 0.6) is 5.75 Å². The Morgan fingerprint density at radius 2 is 1.65 bits per heavy atom. The number of hydrogen-bond donors (Lipinski definition) is 2. The predicted molar refractivity (Wildman–Crippen MR) is 132 cm³/mol. The highest BCUT2D eigenvalue weighted by Crippen LogP contribution is 2.39. The standard InChI is InChI=1S/C25H16Cl2F3N3O4/c1-12-2-9-19(17(31)10-12)37-24(36)13-3-6-15(7-4-13)32-21-20(27)22(34)33(23(21)35)18-11-14(25(28,29)30)5-8-16(18)26/h2-11,32H,31H2,1H3. The number of benzene rings is 3. The number of esters is 1. The van der Waals surface area contributed by atoms with E-state index in [1.807, 2.05) is 6.92 Å². The van der Waals surface area contributed by atoms with Gasteiger partial charge in [0, 0.05) is 5.69 Å². The Kier molecular flexibility index (Phi) is 6.90. The highest BCUT2D eigenvalue weighted by atomic mass is 35.5. The first kappa shape index (κ1) is 26.1. The summed E-state index contributed by atoms with van der Waals surface area (Å²) >= 11 is 12.0. The summed E-state index contributed by atoms with van der Waals surface area (Å²) in [7, 11) is 0. The molecule has 0 radical (unpaired) electrons. The van der Waals surface area contributed by atoms with Gasteiger partial charge in [-0.05, 0) is 67.1 Å². The Morgan fingerprint density at radius 1 is 0.973 bits per heavy atom. The fourth-order valence-corrected chi connectivity index (χ4v) is 3.86. The molecule has 4 rings (SSSR count). The van der Waals surface area contributed by atoms with E-state index in [4.69, 9.17) is 33.7 Å². The number of hydrogen-bond acceptors (Lipinski definition) is 6. The first-order valence-corrected chi connectivity index (χ1v) is 11.2. The number of anilines is 3. The van der Waals surface area contributed by atoms with Gasteiger partial charge in [0.25, 0.3) is 11.8 Å². The van der Waals surface area contributed by atoms with Crippen LogP contribution < -0.4 is 20.7 Å². The molecule has 3 N–H and O–H groups in total. The molecule has 0 fully saturated rings. The van der Waals surface area contributed by atoms with Gasteiger partial charge < -0.3 is 15.8 Å². The molecule has 1 aliphatic heterocycles. The number of nitrogens with one attached hydrogen (secondary N) is 1. The molecule has 0 unspecified atom stereocenters. The third-order valence-corrected chi connectivity index (χ3v) is 5.97. The fraction of sp³-hybridized carbons (Fsp3) is 0.0800. The lowest BCUT2D eigenvalue weighted by Crippen LogP contribution is -2.32. The van der Waals surface area contributed by atoms with Crippen molar-refractivity contribution in [3.05, 3.63) is 93.1 Å². The van der Waals surface area contributed by atoms with Crippen molar-refractivity contribution < 1.29 is 32.3 Å². The van der Waals surface area contributed by atoms with Crippen LogP contribution >= 0.6 is 23.2 Å². The summed E-state index contributed by atoms with van der Waals surface area (Å²) in [6.45, 7) is 1.84. The summed E-state index contributed by atoms with van der Waals surface area (Å²) in [6.07, 6.45) is -4.72. The Balaban J connectivity index is 1.52. The zero-order valence-corrected chi connectivity index (χ0v) is 20.3. The number of rotatable bonds is 5. The number of imide groups is 1. The lowest BCUT2D eigenvalue weighted by Gasteiger charge is -2.18. The molecule has 1 heterocycles. The molecule has 2 amide bonds. The smallest absolute Gasteiger partial charge is 0.416 e. The largest absolute Gasteiger partial charge is 0.421 e. The monoisotopic (exact) mass is 549 g/mol. The molecule has 190 valence electrons. The van der Waals surface area contributed by atoms with E-state index in [0.717, 1.165) is 17.7 Å². The molecule has 0 atom stereocenters. The van der Waals surface area contributed by atoms with Gasteiger partial charge in [-0.2, -0.15) is 13.2 Å². The van der Waals surface area contributed by atoms with Crippen LogP contribution in [0.3, 0.4) is 0 Å². The number of aryl methyl sites for hydroxylation is 1. The Hall–Kier alpha value is -4.02. The minimum Gasteiger partial charge on any atom is -0.421 e. The zero-order valence-electron chi connectivity index (χ0n) is 18.8. The van der Waals surface area contributed by atoms with E-state index < -0.39 is 40.2 Å². The second-order valence-corrected chi connectivity index (χ2v) is 8.72. The van der Waals surface area contributed by atoms with Gasteiger partial charge in [-0.3, -0.25) is 9.59 Å². The van der Waals surface area contributed by atoms with Gasteiger partial charge in [0.05, 0.1) is 27.5 Å². The number of nitrogen functional groups attached to an aromatic ring is 1.